The predicted octanol–water partition coefficient (Wildman–Crippen LogP) is 5.55. The van der Waals surface area contributed by atoms with Crippen molar-refractivity contribution in [2.75, 3.05) is 11.9 Å². The number of ether oxygens (including phenoxy) is 1. The Morgan fingerprint density at radius 3 is 2.62 bits per heavy atom. The van der Waals surface area contributed by atoms with Gasteiger partial charge in [-0.2, -0.15) is 0 Å². The first-order chi connectivity index (χ1) is 12.4. The number of nitrogens with one attached hydrogen (secondary N) is 2. The van der Waals surface area contributed by atoms with Gasteiger partial charge in [0.15, 0.2) is 5.11 Å². The molecule has 0 unspecified atom stereocenters. The topological polar surface area (TPSA) is 50.4 Å². The monoisotopic (exact) mass is 410 g/mol. The van der Waals surface area contributed by atoms with E-state index in [9.17, 15) is 4.79 Å². The average Bonchev–Trinajstić information content (AvgIpc) is 2.57. The van der Waals surface area contributed by atoms with Gasteiger partial charge in [0.05, 0.1) is 22.9 Å². The summed E-state index contributed by atoms with van der Waals surface area (Å²) in [7, 11) is 0. The van der Waals surface area contributed by atoms with Gasteiger partial charge >= 0.3 is 0 Å². The van der Waals surface area contributed by atoms with E-state index < -0.39 is 0 Å². The molecule has 0 bridgehead atoms. The van der Waals surface area contributed by atoms with Gasteiger partial charge in [-0.15, -0.1) is 0 Å². The average molecular weight is 411 g/mol. The second kappa shape index (κ2) is 9.76. The third kappa shape index (κ3) is 6.16. The van der Waals surface area contributed by atoms with Gasteiger partial charge < -0.3 is 10.1 Å². The van der Waals surface area contributed by atoms with Crippen molar-refractivity contribution in [1.29, 1.82) is 0 Å². The van der Waals surface area contributed by atoms with Gasteiger partial charge in [-0.1, -0.05) is 49.2 Å². The lowest BCUT2D eigenvalue weighted by Gasteiger charge is -2.14. The largest absolute Gasteiger partial charge is 0.493 e. The molecule has 2 N–H and O–H groups in total. The molecule has 7 heteroatoms. The molecule has 0 heterocycles. The number of hydrogen-bond donors (Lipinski definition) is 2. The van der Waals surface area contributed by atoms with Gasteiger partial charge in [-0.25, -0.2) is 0 Å². The number of carbonyl (C=O) groups is 1. The Morgan fingerprint density at radius 1 is 1.19 bits per heavy atom. The maximum absolute atomic E-state index is 12.5. The molecule has 138 valence electrons. The van der Waals surface area contributed by atoms with Gasteiger partial charge in [0.1, 0.15) is 5.75 Å². The summed E-state index contributed by atoms with van der Waals surface area (Å²) in [5.41, 5.74) is 0.977. The van der Waals surface area contributed by atoms with Crippen molar-refractivity contribution in [3.05, 3.63) is 58.1 Å². The van der Waals surface area contributed by atoms with E-state index in [4.69, 9.17) is 40.2 Å². The van der Waals surface area contributed by atoms with Crippen LogP contribution in [0.4, 0.5) is 5.69 Å². The lowest BCUT2D eigenvalue weighted by Crippen LogP contribution is -2.34. The van der Waals surface area contributed by atoms with Crippen LogP contribution in [0.3, 0.4) is 0 Å². The van der Waals surface area contributed by atoms with Gasteiger partial charge in [0, 0.05) is 5.02 Å². The molecule has 0 aliphatic carbocycles. The number of para-hydroxylation sites is 1. The lowest BCUT2D eigenvalue weighted by atomic mass is 10.1. The minimum absolute atomic E-state index is 0.135. The molecular weight excluding hydrogens is 391 g/mol. The first-order valence-electron chi connectivity index (χ1n) is 8.16. The van der Waals surface area contributed by atoms with E-state index >= 15 is 0 Å². The maximum atomic E-state index is 12.5. The first-order valence-corrected chi connectivity index (χ1v) is 9.32. The summed E-state index contributed by atoms with van der Waals surface area (Å²) in [6.07, 6.45) is 0.908. The lowest BCUT2D eigenvalue weighted by molar-refractivity contribution is 0.0973. The van der Waals surface area contributed by atoms with Crippen molar-refractivity contribution in [2.24, 2.45) is 5.92 Å². The fraction of sp³-hybridized carbons (Fsp3) is 0.263. The molecule has 0 aromatic heterocycles. The molecule has 2 rings (SSSR count). The van der Waals surface area contributed by atoms with E-state index in [-0.39, 0.29) is 11.0 Å². The van der Waals surface area contributed by atoms with E-state index in [1.54, 1.807) is 36.4 Å². The van der Waals surface area contributed by atoms with Crippen LogP contribution in [0.1, 0.15) is 30.6 Å². The number of hydrogen-bond acceptors (Lipinski definition) is 3. The highest BCUT2D eigenvalue weighted by atomic mass is 35.5. The zero-order valence-electron chi connectivity index (χ0n) is 14.5. The van der Waals surface area contributed by atoms with Crippen LogP contribution in [0.5, 0.6) is 5.75 Å². The zero-order valence-corrected chi connectivity index (χ0v) is 16.8. The van der Waals surface area contributed by atoms with E-state index in [2.05, 4.69) is 24.5 Å². The summed E-state index contributed by atoms with van der Waals surface area (Å²) >= 11 is 17.2. The molecule has 0 spiro atoms. The quantitative estimate of drug-likeness (QED) is 0.613. The summed E-state index contributed by atoms with van der Waals surface area (Å²) in [4.78, 5) is 12.5. The van der Waals surface area contributed by atoms with Crippen molar-refractivity contribution in [3.63, 3.8) is 0 Å². The molecule has 0 saturated carbocycles. The number of benzene rings is 2. The Kier molecular flexibility index (Phi) is 7.69. The standard InChI is InChI=1S/C19H20Cl2N2O2S/c1-12(2)9-10-25-17-6-4-3-5-14(17)18(24)23-19(26)22-16-8-7-13(20)11-15(16)21/h3-8,11-12H,9-10H2,1-2H3,(H2,22,23,24,26). The highest BCUT2D eigenvalue weighted by Gasteiger charge is 2.14. The summed E-state index contributed by atoms with van der Waals surface area (Å²) in [6.45, 7) is 4.78. The van der Waals surface area contributed by atoms with Crippen LogP contribution in [0, 0.1) is 5.92 Å². The first kappa shape index (κ1) is 20.5. The summed E-state index contributed by atoms with van der Waals surface area (Å²) < 4.78 is 5.74. The summed E-state index contributed by atoms with van der Waals surface area (Å²) in [6, 6.07) is 12.0. The number of amides is 1. The summed E-state index contributed by atoms with van der Waals surface area (Å²) in [5, 5.41) is 6.58. The van der Waals surface area contributed by atoms with Gasteiger partial charge in [-0.05, 0) is 54.9 Å². The van der Waals surface area contributed by atoms with Crippen molar-refractivity contribution < 1.29 is 9.53 Å². The van der Waals surface area contributed by atoms with Gasteiger partial charge in [-0.3, -0.25) is 10.1 Å². The molecule has 4 nitrogen and oxygen atoms in total. The number of thiocarbonyl (C=S) groups is 1. The zero-order chi connectivity index (χ0) is 19.1. The van der Waals surface area contributed by atoms with Crippen LogP contribution >= 0.6 is 35.4 Å². The molecular formula is C19H20Cl2N2O2S. The molecule has 1 amide bonds. The molecule has 0 aliphatic heterocycles. The molecule has 0 fully saturated rings. The fourth-order valence-corrected chi connectivity index (χ4v) is 2.76. The molecule has 0 atom stereocenters. The van der Waals surface area contributed by atoms with Crippen LogP contribution in [0.15, 0.2) is 42.5 Å². The minimum Gasteiger partial charge on any atom is -0.493 e. The fourth-order valence-electron chi connectivity index (χ4n) is 2.10. The predicted molar refractivity (Wildman–Crippen MR) is 112 cm³/mol. The highest BCUT2D eigenvalue weighted by Crippen LogP contribution is 2.25. The van der Waals surface area contributed by atoms with Crippen LogP contribution in [-0.4, -0.2) is 17.6 Å². The number of carbonyl (C=O) groups excluding carboxylic acids is 1. The van der Waals surface area contributed by atoms with Crippen LogP contribution in [-0.2, 0) is 0 Å². The normalized spacial score (nSPS) is 10.5. The Hall–Kier alpha value is -1.82. The molecule has 0 aliphatic rings. The Balaban J connectivity index is 2.01. The van der Waals surface area contributed by atoms with Crippen molar-refractivity contribution in [1.82, 2.24) is 5.32 Å². The van der Waals surface area contributed by atoms with Crippen LogP contribution < -0.4 is 15.4 Å². The van der Waals surface area contributed by atoms with Gasteiger partial charge in [0.25, 0.3) is 5.91 Å². The van der Waals surface area contributed by atoms with E-state index in [1.165, 1.54) is 0 Å². The van der Waals surface area contributed by atoms with Crippen molar-refractivity contribution in [3.8, 4) is 5.75 Å². The summed E-state index contributed by atoms with van der Waals surface area (Å²) in [5.74, 6) is 0.697. The van der Waals surface area contributed by atoms with Crippen molar-refractivity contribution >= 4 is 52.1 Å². The number of halogens is 2. The number of anilines is 1. The molecule has 2 aromatic carbocycles. The van der Waals surface area contributed by atoms with E-state index in [0.29, 0.717) is 39.6 Å². The Morgan fingerprint density at radius 2 is 1.92 bits per heavy atom. The second-order valence-corrected chi connectivity index (χ2v) is 7.31. The smallest absolute Gasteiger partial charge is 0.261 e. The van der Waals surface area contributed by atoms with Crippen molar-refractivity contribution in [2.45, 2.75) is 20.3 Å². The third-order valence-electron chi connectivity index (χ3n) is 3.49. The maximum Gasteiger partial charge on any atom is 0.261 e. The minimum atomic E-state index is -0.354. The SMILES string of the molecule is CC(C)CCOc1ccccc1C(=O)NC(=S)Nc1ccc(Cl)cc1Cl. The molecule has 2 aromatic rings. The Bertz CT molecular complexity index is 797. The van der Waals surface area contributed by atoms with Crippen LogP contribution in [0.25, 0.3) is 0 Å². The van der Waals surface area contributed by atoms with E-state index in [0.717, 1.165) is 6.42 Å². The number of rotatable bonds is 6. The molecule has 0 saturated heterocycles. The van der Waals surface area contributed by atoms with E-state index in [1.807, 2.05) is 6.07 Å². The Labute approximate surface area is 168 Å². The van der Waals surface area contributed by atoms with Gasteiger partial charge in [0.2, 0.25) is 0 Å². The molecule has 0 radical (unpaired) electrons. The highest BCUT2D eigenvalue weighted by molar-refractivity contribution is 7.80. The molecule has 26 heavy (non-hydrogen) atoms. The van der Waals surface area contributed by atoms with Crippen LogP contribution in [0.2, 0.25) is 10.0 Å². The second-order valence-electron chi connectivity index (χ2n) is 6.06. The third-order valence-corrected chi connectivity index (χ3v) is 4.24.